The van der Waals surface area contributed by atoms with Crippen LogP contribution in [0.2, 0.25) is 0 Å². The summed E-state index contributed by atoms with van der Waals surface area (Å²) < 4.78 is 15.1. The molecule has 1 aromatic carbocycles. The lowest BCUT2D eigenvalue weighted by molar-refractivity contribution is -0.141. The summed E-state index contributed by atoms with van der Waals surface area (Å²) in [6.07, 6.45) is 0.232. The molecule has 1 rings (SSSR count). The van der Waals surface area contributed by atoms with Crippen LogP contribution in [0.5, 0.6) is 11.5 Å². The van der Waals surface area contributed by atoms with Crippen LogP contribution in [-0.4, -0.2) is 33.8 Å². The van der Waals surface area contributed by atoms with Gasteiger partial charge in [-0.25, -0.2) is 0 Å². The Hall–Kier alpha value is -1.75. The molecule has 1 atom stereocenters. The largest absolute Gasteiger partial charge is 0.497 e. The Balaban J connectivity index is 3.01. The minimum Gasteiger partial charge on any atom is -0.497 e. The van der Waals surface area contributed by atoms with E-state index in [2.05, 4.69) is 4.74 Å². The Morgan fingerprint density at radius 3 is 2.50 bits per heavy atom. The summed E-state index contributed by atoms with van der Waals surface area (Å²) in [7, 11) is 4.52. The van der Waals surface area contributed by atoms with Crippen molar-refractivity contribution < 1.29 is 19.0 Å². The summed E-state index contributed by atoms with van der Waals surface area (Å²) in [5.41, 5.74) is 6.59. The number of carbonyl (C=O) groups excluding carboxylic acids is 1. The zero-order valence-electron chi connectivity index (χ0n) is 10.9. The summed E-state index contributed by atoms with van der Waals surface area (Å²) in [6.45, 7) is 0.345. The van der Waals surface area contributed by atoms with Gasteiger partial charge in [0.05, 0.1) is 27.8 Å². The maximum absolute atomic E-state index is 11.3. The maximum atomic E-state index is 11.3. The number of esters is 1. The van der Waals surface area contributed by atoms with Crippen LogP contribution in [0.3, 0.4) is 0 Å². The van der Waals surface area contributed by atoms with Gasteiger partial charge in [-0.15, -0.1) is 0 Å². The fraction of sp³-hybridized carbons (Fsp3) is 0.462. The summed E-state index contributed by atoms with van der Waals surface area (Å²) in [6, 6.07) is 5.45. The zero-order valence-corrected chi connectivity index (χ0v) is 10.9. The van der Waals surface area contributed by atoms with Gasteiger partial charge in [-0.2, -0.15) is 0 Å². The first-order valence-electron chi connectivity index (χ1n) is 5.65. The van der Waals surface area contributed by atoms with Crippen molar-refractivity contribution in [2.75, 3.05) is 27.9 Å². The number of rotatable bonds is 6. The molecule has 0 radical (unpaired) electrons. The SMILES string of the molecule is COC(=O)CC(CN)c1ccc(OC)cc1OC. The van der Waals surface area contributed by atoms with Crippen LogP contribution < -0.4 is 15.2 Å². The Morgan fingerprint density at radius 2 is 2.00 bits per heavy atom. The second kappa shape index (κ2) is 6.86. The first-order valence-corrected chi connectivity index (χ1v) is 5.65. The molecule has 2 N–H and O–H groups in total. The topological polar surface area (TPSA) is 70.8 Å². The zero-order chi connectivity index (χ0) is 13.5. The molecule has 0 heterocycles. The fourth-order valence-electron chi connectivity index (χ4n) is 1.76. The van der Waals surface area contributed by atoms with E-state index >= 15 is 0 Å². The minimum absolute atomic E-state index is 0.127. The molecule has 0 aliphatic carbocycles. The fourth-order valence-corrected chi connectivity index (χ4v) is 1.76. The summed E-state index contributed by atoms with van der Waals surface area (Å²) >= 11 is 0. The average molecular weight is 253 g/mol. The second-order valence-electron chi connectivity index (χ2n) is 3.82. The lowest BCUT2D eigenvalue weighted by Gasteiger charge is -2.17. The normalized spacial score (nSPS) is 11.8. The Labute approximate surface area is 107 Å². The molecular formula is C13H19NO4. The average Bonchev–Trinajstić information content (AvgIpc) is 2.43. The number of methoxy groups -OCH3 is 3. The van der Waals surface area contributed by atoms with E-state index in [1.165, 1.54) is 7.11 Å². The van der Waals surface area contributed by atoms with Gasteiger partial charge in [-0.05, 0) is 18.2 Å². The highest BCUT2D eigenvalue weighted by Crippen LogP contribution is 2.32. The molecule has 0 fully saturated rings. The molecule has 0 saturated heterocycles. The van der Waals surface area contributed by atoms with Crippen LogP contribution in [0.1, 0.15) is 17.9 Å². The number of nitrogens with two attached hydrogens (primary N) is 1. The van der Waals surface area contributed by atoms with Crippen molar-refractivity contribution in [3.05, 3.63) is 23.8 Å². The van der Waals surface area contributed by atoms with E-state index in [1.54, 1.807) is 20.3 Å². The molecule has 0 aromatic heterocycles. The number of ether oxygens (including phenoxy) is 3. The van der Waals surface area contributed by atoms with Crippen molar-refractivity contribution in [2.24, 2.45) is 5.73 Å². The van der Waals surface area contributed by atoms with Crippen LogP contribution >= 0.6 is 0 Å². The van der Waals surface area contributed by atoms with Crippen molar-refractivity contribution in [3.8, 4) is 11.5 Å². The highest BCUT2D eigenvalue weighted by atomic mass is 16.5. The third-order valence-electron chi connectivity index (χ3n) is 2.81. The predicted octanol–water partition coefficient (Wildman–Crippen LogP) is 1.31. The summed E-state index contributed by atoms with van der Waals surface area (Å²) in [5, 5.41) is 0. The first kappa shape index (κ1) is 14.3. The van der Waals surface area contributed by atoms with Gasteiger partial charge in [-0.3, -0.25) is 4.79 Å². The van der Waals surface area contributed by atoms with Gasteiger partial charge in [0.1, 0.15) is 11.5 Å². The van der Waals surface area contributed by atoms with Crippen LogP contribution in [0.15, 0.2) is 18.2 Å². The van der Waals surface area contributed by atoms with Gasteiger partial charge in [0.15, 0.2) is 0 Å². The quantitative estimate of drug-likeness (QED) is 0.774. The van der Waals surface area contributed by atoms with E-state index in [1.807, 2.05) is 12.1 Å². The maximum Gasteiger partial charge on any atom is 0.306 e. The van der Waals surface area contributed by atoms with Gasteiger partial charge in [0.2, 0.25) is 0 Å². The predicted molar refractivity (Wildman–Crippen MR) is 68.0 cm³/mol. The van der Waals surface area contributed by atoms with Crippen LogP contribution in [0.25, 0.3) is 0 Å². The Bertz CT molecular complexity index is 406. The lowest BCUT2D eigenvalue weighted by Crippen LogP contribution is -2.18. The van der Waals surface area contributed by atoms with E-state index in [9.17, 15) is 4.79 Å². The number of benzene rings is 1. The molecule has 0 aliphatic heterocycles. The van der Waals surface area contributed by atoms with Gasteiger partial charge in [0.25, 0.3) is 0 Å². The van der Waals surface area contributed by atoms with E-state index in [0.717, 1.165) is 5.56 Å². The van der Waals surface area contributed by atoms with Crippen LogP contribution in [0, 0.1) is 0 Å². The third kappa shape index (κ3) is 3.37. The molecular weight excluding hydrogens is 234 g/mol. The number of hydrogen-bond acceptors (Lipinski definition) is 5. The molecule has 1 unspecified atom stereocenters. The van der Waals surface area contributed by atoms with Gasteiger partial charge >= 0.3 is 5.97 Å². The van der Waals surface area contributed by atoms with E-state index in [-0.39, 0.29) is 18.3 Å². The van der Waals surface area contributed by atoms with Gasteiger partial charge in [-0.1, -0.05) is 6.07 Å². The first-order chi connectivity index (χ1) is 8.65. The summed E-state index contributed by atoms with van der Waals surface area (Å²) in [5.74, 6) is 0.944. The molecule has 100 valence electrons. The van der Waals surface area contributed by atoms with Crippen LogP contribution in [-0.2, 0) is 9.53 Å². The smallest absolute Gasteiger partial charge is 0.306 e. The molecule has 5 heteroatoms. The second-order valence-corrected chi connectivity index (χ2v) is 3.82. The van der Waals surface area contributed by atoms with Gasteiger partial charge in [0, 0.05) is 12.0 Å². The highest BCUT2D eigenvalue weighted by molar-refractivity contribution is 5.70. The molecule has 18 heavy (non-hydrogen) atoms. The Morgan fingerprint density at radius 1 is 1.28 bits per heavy atom. The monoisotopic (exact) mass is 253 g/mol. The molecule has 5 nitrogen and oxygen atoms in total. The minimum atomic E-state index is -0.289. The molecule has 0 aliphatic rings. The highest BCUT2D eigenvalue weighted by Gasteiger charge is 2.19. The van der Waals surface area contributed by atoms with Crippen molar-refractivity contribution >= 4 is 5.97 Å². The molecule has 0 saturated carbocycles. The lowest BCUT2D eigenvalue weighted by atomic mass is 9.95. The molecule has 0 bridgehead atoms. The third-order valence-corrected chi connectivity index (χ3v) is 2.81. The van der Waals surface area contributed by atoms with Gasteiger partial charge < -0.3 is 19.9 Å². The van der Waals surface area contributed by atoms with Crippen molar-refractivity contribution in [3.63, 3.8) is 0 Å². The van der Waals surface area contributed by atoms with E-state index < -0.39 is 0 Å². The molecule has 0 spiro atoms. The van der Waals surface area contributed by atoms with Crippen molar-refractivity contribution in [2.45, 2.75) is 12.3 Å². The summed E-state index contributed by atoms with van der Waals surface area (Å²) in [4.78, 5) is 11.3. The van der Waals surface area contributed by atoms with Crippen LogP contribution in [0.4, 0.5) is 0 Å². The molecule has 1 aromatic rings. The molecule has 0 amide bonds. The number of hydrogen-bond donors (Lipinski definition) is 1. The number of carbonyl (C=O) groups is 1. The standard InChI is InChI=1S/C13H19NO4/c1-16-10-4-5-11(12(7-10)17-2)9(8-14)6-13(15)18-3/h4-5,7,9H,6,8,14H2,1-3H3. The van der Waals surface area contributed by atoms with Crippen molar-refractivity contribution in [1.82, 2.24) is 0 Å². The Kier molecular flexibility index (Phi) is 5.45. The van der Waals surface area contributed by atoms with Crippen molar-refractivity contribution in [1.29, 1.82) is 0 Å². The van der Waals surface area contributed by atoms with E-state index in [4.69, 9.17) is 15.2 Å². The van der Waals surface area contributed by atoms with E-state index in [0.29, 0.717) is 18.0 Å².